The molecule has 0 aromatic rings. The predicted octanol–water partition coefficient (Wildman–Crippen LogP) is 21.6. The quantitative estimate of drug-likeness (QED) is 0.0211. The van der Waals surface area contributed by atoms with Crippen molar-refractivity contribution in [1.82, 2.24) is 0 Å². The van der Waals surface area contributed by atoms with Crippen LogP contribution >= 0.6 is 7.82 Å². The first-order valence-electron chi connectivity index (χ1n) is 33.7. The Bertz CT molecular complexity index is 1580. The summed E-state index contributed by atoms with van der Waals surface area (Å²) in [5, 5.41) is 0. The van der Waals surface area contributed by atoms with Crippen molar-refractivity contribution in [3.8, 4) is 0 Å². The topological polar surface area (TPSA) is 108 Å². The van der Waals surface area contributed by atoms with Crippen molar-refractivity contribution in [2.45, 2.75) is 315 Å². The van der Waals surface area contributed by atoms with E-state index in [2.05, 4.69) is 86.8 Å². The Kier molecular flexibility index (Phi) is 59.1. The molecule has 0 saturated carbocycles. The Morgan fingerprint density at radius 2 is 0.713 bits per heavy atom. The predicted molar refractivity (Wildman–Crippen MR) is 344 cm³/mol. The van der Waals surface area contributed by atoms with Crippen LogP contribution in [-0.4, -0.2) is 74.9 Å². The van der Waals surface area contributed by atoms with Crippen LogP contribution in [-0.2, 0) is 32.7 Å². The minimum absolute atomic E-state index is 0.0314. The Balaban J connectivity index is 4.04. The molecule has 0 aromatic carbocycles. The van der Waals surface area contributed by atoms with Crippen LogP contribution in [0.5, 0.6) is 0 Å². The minimum atomic E-state index is -4.39. The van der Waals surface area contributed by atoms with Crippen molar-refractivity contribution in [2.24, 2.45) is 0 Å². The van der Waals surface area contributed by atoms with Gasteiger partial charge in [-0.05, 0) is 83.5 Å². The first-order chi connectivity index (χ1) is 39.0. The van der Waals surface area contributed by atoms with Crippen LogP contribution in [0, 0.1) is 0 Å². The molecular weight excluding hydrogens is 1010 g/mol. The summed E-state index contributed by atoms with van der Waals surface area (Å²) in [4.78, 5) is 35.8. The lowest BCUT2D eigenvalue weighted by atomic mass is 10.0. The maximum Gasteiger partial charge on any atom is 0.472 e. The standard InChI is InChI=1S/C70H128NO8P/c1-6-8-10-12-14-16-18-20-22-24-26-28-30-32-33-34-35-36-37-39-41-43-45-47-49-51-53-55-57-59-61-63-70(73)79-68(67-78-80(74,75)77-65-64-71(3,4)5)66-76-69(72)62-60-58-56-54-52-50-48-46-44-42-40-38-31-29-27-25-23-21-19-17-15-13-11-9-7-2/h8,10,14,16,19-22,25-28,68H,6-7,9,11-13,15,17-18,23-24,29-67H2,1-5H3/p+1/b10-8-,16-14-,21-19-,22-20-,27-25-,28-26-. The van der Waals surface area contributed by atoms with Crippen LogP contribution in [0.15, 0.2) is 72.9 Å². The molecule has 0 radical (unpaired) electrons. The van der Waals surface area contributed by atoms with Crippen LogP contribution in [0.3, 0.4) is 0 Å². The number of likely N-dealkylation sites (N-methyl/N-ethyl adjacent to an activating group) is 1. The molecule has 0 aliphatic rings. The summed E-state index contributed by atoms with van der Waals surface area (Å²) in [6.45, 7) is 4.35. The number of unbranched alkanes of at least 4 members (excludes halogenated alkanes) is 36. The van der Waals surface area contributed by atoms with E-state index in [0.29, 0.717) is 17.4 Å². The smallest absolute Gasteiger partial charge is 0.462 e. The van der Waals surface area contributed by atoms with E-state index in [9.17, 15) is 19.0 Å². The van der Waals surface area contributed by atoms with E-state index in [-0.39, 0.29) is 32.0 Å². The van der Waals surface area contributed by atoms with Gasteiger partial charge in [0, 0.05) is 12.8 Å². The van der Waals surface area contributed by atoms with Crippen molar-refractivity contribution in [2.75, 3.05) is 47.5 Å². The van der Waals surface area contributed by atoms with Crippen LogP contribution in [0.2, 0.25) is 0 Å². The molecule has 0 aliphatic carbocycles. The number of hydrogen-bond donors (Lipinski definition) is 1. The maximum atomic E-state index is 12.9. The van der Waals surface area contributed by atoms with Gasteiger partial charge in [0.1, 0.15) is 19.8 Å². The van der Waals surface area contributed by atoms with Gasteiger partial charge in [0.25, 0.3) is 0 Å². The molecule has 0 amide bonds. The molecule has 0 aliphatic heterocycles. The van der Waals surface area contributed by atoms with Gasteiger partial charge in [-0.2, -0.15) is 0 Å². The minimum Gasteiger partial charge on any atom is -0.462 e. The van der Waals surface area contributed by atoms with Gasteiger partial charge in [0.05, 0.1) is 27.7 Å². The zero-order valence-electron chi connectivity index (χ0n) is 53.1. The van der Waals surface area contributed by atoms with Gasteiger partial charge in [0.15, 0.2) is 6.10 Å². The van der Waals surface area contributed by atoms with E-state index in [1.807, 2.05) is 21.1 Å². The number of allylic oxidation sites excluding steroid dienone is 12. The van der Waals surface area contributed by atoms with E-state index in [4.69, 9.17) is 18.5 Å². The highest BCUT2D eigenvalue weighted by atomic mass is 31.2. The Hall–Kier alpha value is -2.55. The zero-order valence-corrected chi connectivity index (χ0v) is 54.0. The van der Waals surface area contributed by atoms with E-state index in [1.54, 1.807) is 0 Å². The van der Waals surface area contributed by atoms with Crippen LogP contribution in [0.25, 0.3) is 0 Å². The molecule has 1 N–H and O–H groups in total. The monoisotopic (exact) mass is 1140 g/mol. The maximum absolute atomic E-state index is 12.9. The van der Waals surface area contributed by atoms with Gasteiger partial charge in [-0.15, -0.1) is 0 Å². The first-order valence-corrected chi connectivity index (χ1v) is 35.2. The molecule has 2 atom stereocenters. The van der Waals surface area contributed by atoms with Crippen LogP contribution in [0.4, 0.5) is 0 Å². The summed E-state index contributed by atoms with van der Waals surface area (Å²) in [6, 6.07) is 0. The molecule has 2 unspecified atom stereocenters. The molecular formula is C70H129NO8P+. The molecule has 0 fully saturated rings. The number of phosphoric ester groups is 1. The van der Waals surface area contributed by atoms with Gasteiger partial charge in [-0.25, -0.2) is 4.57 Å². The number of nitrogens with zero attached hydrogens (tertiary/aromatic N) is 1. The van der Waals surface area contributed by atoms with Gasteiger partial charge in [-0.3, -0.25) is 18.6 Å². The summed E-state index contributed by atoms with van der Waals surface area (Å²) >= 11 is 0. The molecule has 0 aromatic heterocycles. The third-order valence-electron chi connectivity index (χ3n) is 14.7. The Morgan fingerprint density at radius 1 is 0.400 bits per heavy atom. The van der Waals surface area contributed by atoms with Crippen molar-refractivity contribution in [3.63, 3.8) is 0 Å². The van der Waals surface area contributed by atoms with Crippen LogP contribution < -0.4 is 0 Å². The molecule has 9 nitrogen and oxygen atoms in total. The number of esters is 2. The normalized spacial score (nSPS) is 13.6. The fourth-order valence-electron chi connectivity index (χ4n) is 9.57. The van der Waals surface area contributed by atoms with E-state index in [1.165, 1.54) is 212 Å². The van der Waals surface area contributed by atoms with E-state index in [0.717, 1.165) is 64.2 Å². The molecule has 0 saturated heterocycles. The summed E-state index contributed by atoms with van der Waals surface area (Å²) < 4.78 is 34.7. The van der Waals surface area contributed by atoms with Gasteiger partial charge < -0.3 is 18.9 Å². The molecule has 10 heteroatoms. The first kappa shape index (κ1) is 77.5. The largest absolute Gasteiger partial charge is 0.472 e. The third-order valence-corrected chi connectivity index (χ3v) is 15.7. The summed E-state index contributed by atoms with van der Waals surface area (Å²) in [7, 11) is 1.49. The second-order valence-corrected chi connectivity index (χ2v) is 25.3. The number of carbonyl (C=O) groups excluding carboxylic acids is 2. The summed E-state index contributed by atoms with van der Waals surface area (Å²) in [6.07, 6.45) is 81.4. The number of carbonyl (C=O) groups is 2. The number of phosphoric acid groups is 1. The number of hydrogen-bond acceptors (Lipinski definition) is 7. The average Bonchev–Trinajstić information content (AvgIpc) is 3.42. The lowest BCUT2D eigenvalue weighted by molar-refractivity contribution is -0.870. The van der Waals surface area contributed by atoms with E-state index >= 15 is 0 Å². The molecule has 0 rings (SSSR count). The second-order valence-electron chi connectivity index (χ2n) is 23.8. The number of rotatable bonds is 62. The fourth-order valence-corrected chi connectivity index (χ4v) is 10.3. The molecule has 466 valence electrons. The van der Waals surface area contributed by atoms with Gasteiger partial charge in [-0.1, -0.05) is 286 Å². The highest BCUT2D eigenvalue weighted by Gasteiger charge is 2.27. The lowest BCUT2D eigenvalue weighted by Crippen LogP contribution is -2.37. The average molecular weight is 1140 g/mol. The van der Waals surface area contributed by atoms with Crippen LogP contribution in [0.1, 0.15) is 309 Å². The molecule has 0 heterocycles. The molecule has 0 bridgehead atoms. The fraction of sp³-hybridized carbons (Fsp3) is 0.800. The second kappa shape index (κ2) is 61.0. The SMILES string of the molecule is CC/C=C\C/C=C\C/C=C\C/C=C\CCCCCCCCCCCCCCCCCCCCC(=O)OC(COC(=O)CCCCCCCCCCCCCCC/C=C\C/C=C\CCCCCCC)COP(=O)(O)OCC[N+](C)(C)C. The van der Waals surface area contributed by atoms with Crippen molar-refractivity contribution >= 4 is 19.8 Å². The summed E-state index contributed by atoms with van der Waals surface area (Å²) in [5.41, 5.74) is 0. The molecule has 80 heavy (non-hydrogen) atoms. The van der Waals surface area contributed by atoms with Crippen molar-refractivity contribution in [3.05, 3.63) is 72.9 Å². The van der Waals surface area contributed by atoms with Gasteiger partial charge >= 0.3 is 19.8 Å². The van der Waals surface area contributed by atoms with E-state index < -0.39 is 26.5 Å². The Morgan fingerprint density at radius 3 is 1.06 bits per heavy atom. The third kappa shape index (κ3) is 64.6. The lowest BCUT2D eigenvalue weighted by Gasteiger charge is -2.24. The van der Waals surface area contributed by atoms with Crippen molar-refractivity contribution < 1.29 is 42.1 Å². The number of quaternary nitrogens is 1. The zero-order chi connectivity index (χ0) is 58.4. The Labute approximate surface area is 495 Å². The van der Waals surface area contributed by atoms with Gasteiger partial charge in [0.2, 0.25) is 0 Å². The number of ether oxygens (including phenoxy) is 2. The summed E-state index contributed by atoms with van der Waals surface area (Å²) in [5.74, 6) is -0.786. The highest BCUT2D eigenvalue weighted by Crippen LogP contribution is 2.43. The molecule has 0 spiro atoms. The van der Waals surface area contributed by atoms with Crippen molar-refractivity contribution in [1.29, 1.82) is 0 Å². The highest BCUT2D eigenvalue weighted by molar-refractivity contribution is 7.47.